The van der Waals surface area contributed by atoms with Crippen LogP contribution in [0.3, 0.4) is 0 Å². The normalized spacial score (nSPS) is 11.1. The van der Waals surface area contributed by atoms with Crippen molar-refractivity contribution in [3.63, 3.8) is 0 Å². The molecule has 152 valence electrons. The Hall–Kier alpha value is -1.83. The number of amides is 1. The zero-order valence-electron chi connectivity index (χ0n) is 17.1. The largest absolute Gasteiger partial charge is 0.325 e. The van der Waals surface area contributed by atoms with Crippen LogP contribution in [0.15, 0.2) is 51.1 Å². The lowest BCUT2D eigenvalue weighted by Gasteiger charge is -2.08. The highest BCUT2D eigenvalue weighted by Gasteiger charge is 2.10. The Morgan fingerprint density at radius 3 is 2.38 bits per heavy atom. The molecule has 3 aromatic rings. The van der Waals surface area contributed by atoms with Gasteiger partial charge in [-0.1, -0.05) is 90.7 Å². The van der Waals surface area contributed by atoms with Gasteiger partial charge in [0.15, 0.2) is 8.68 Å². The fourth-order valence-electron chi connectivity index (χ4n) is 2.73. The minimum Gasteiger partial charge on any atom is -0.325 e. The lowest BCUT2D eigenvalue weighted by atomic mass is 10.0. The molecule has 0 radical (unpaired) electrons. The Morgan fingerprint density at radius 1 is 1.03 bits per heavy atom. The molecule has 0 saturated heterocycles. The van der Waals surface area contributed by atoms with Gasteiger partial charge in [0, 0.05) is 11.4 Å². The molecule has 0 aliphatic carbocycles. The van der Waals surface area contributed by atoms with Gasteiger partial charge in [0.05, 0.1) is 5.75 Å². The summed E-state index contributed by atoms with van der Waals surface area (Å²) in [6, 6.07) is 14.7. The number of benzene rings is 2. The summed E-state index contributed by atoms with van der Waals surface area (Å²) in [4.78, 5) is 12.2. The summed E-state index contributed by atoms with van der Waals surface area (Å²) in [5, 5.41) is 11.4. The second-order valence-corrected chi connectivity index (χ2v) is 10.6. The van der Waals surface area contributed by atoms with E-state index in [0.29, 0.717) is 11.7 Å². The van der Waals surface area contributed by atoms with E-state index < -0.39 is 0 Å². The summed E-state index contributed by atoms with van der Waals surface area (Å²) in [5.74, 6) is 1.71. The van der Waals surface area contributed by atoms with Crippen LogP contribution in [0.1, 0.15) is 42.0 Å². The van der Waals surface area contributed by atoms with Crippen LogP contribution in [0.4, 0.5) is 5.69 Å². The topological polar surface area (TPSA) is 54.9 Å². The highest BCUT2D eigenvalue weighted by molar-refractivity contribution is 8.03. The van der Waals surface area contributed by atoms with Crippen molar-refractivity contribution in [3.8, 4) is 0 Å². The number of aryl methyl sites for hydroxylation is 2. The van der Waals surface area contributed by atoms with E-state index in [4.69, 9.17) is 0 Å². The number of hydrogen-bond acceptors (Lipinski definition) is 6. The minimum atomic E-state index is -0.0309. The van der Waals surface area contributed by atoms with Gasteiger partial charge < -0.3 is 5.32 Å². The average molecular weight is 444 g/mol. The molecule has 4 nitrogen and oxygen atoms in total. The summed E-state index contributed by atoms with van der Waals surface area (Å²) < 4.78 is 1.74. The highest BCUT2D eigenvalue weighted by Crippen LogP contribution is 2.31. The lowest BCUT2D eigenvalue weighted by molar-refractivity contribution is -0.113. The molecule has 0 aliphatic heterocycles. The molecule has 29 heavy (non-hydrogen) atoms. The van der Waals surface area contributed by atoms with E-state index in [1.807, 2.05) is 26.0 Å². The van der Waals surface area contributed by atoms with E-state index in [1.54, 1.807) is 11.8 Å². The Kier molecular flexibility index (Phi) is 7.75. The SMILES string of the molecule is Cc1ccc(NC(=O)CSc2nnc(SCc3ccc(C(C)C)cc3)s2)c(C)c1. The highest BCUT2D eigenvalue weighted by atomic mass is 32.2. The van der Waals surface area contributed by atoms with Crippen LogP contribution < -0.4 is 5.32 Å². The third-order valence-electron chi connectivity index (χ3n) is 4.38. The van der Waals surface area contributed by atoms with Crippen molar-refractivity contribution in [1.82, 2.24) is 10.2 Å². The van der Waals surface area contributed by atoms with E-state index in [-0.39, 0.29) is 5.91 Å². The lowest BCUT2D eigenvalue weighted by Crippen LogP contribution is -2.14. The molecule has 1 aromatic heterocycles. The number of aromatic nitrogens is 2. The summed E-state index contributed by atoms with van der Waals surface area (Å²) >= 11 is 4.64. The van der Waals surface area contributed by atoms with Gasteiger partial charge in [0.1, 0.15) is 0 Å². The fourth-order valence-corrected chi connectivity index (χ4v) is 5.50. The van der Waals surface area contributed by atoms with E-state index in [9.17, 15) is 4.79 Å². The Balaban J connectivity index is 1.46. The molecule has 0 spiro atoms. The smallest absolute Gasteiger partial charge is 0.234 e. The third kappa shape index (κ3) is 6.59. The number of thioether (sulfide) groups is 2. The third-order valence-corrected chi connectivity index (χ3v) is 7.64. The van der Waals surface area contributed by atoms with E-state index >= 15 is 0 Å². The van der Waals surface area contributed by atoms with Crippen LogP contribution in [-0.2, 0) is 10.5 Å². The molecule has 0 fully saturated rings. The fraction of sp³-hybridized carbons (Fsp3) is 0.318. The van der Waals surface area contributed by atoms with E-state index in [1.165, 1.54) is 39.8 Å². The first-order valence-electron chi connectivity index (χ1n) is 9.46. The van der Waals surface area contributed by atoms with Crippen molar-refractivity contribution in [2.24, 2.45) is 0 Å². The van der Waals surface area contributed by atoms with Crippen LogP contribution in [0.5, 0.6) is 0 Å². The number of nitrogens with one attached hydrogen (secondary N) is 1. The maximum absolute atomic E-state index is 12.2. The van der Waals surface area contributed by atoms with Gasteiger partial charge in [-0.2, -0.15) is 0 Å². The number of nitrogens with zero attached hydrogens (tertiary/aromatic N) is 2. The standard InChI is InChI=1S/C22H25N3OS3/c1-14(2)18-8-6-17(7-9-18)12-27-21-24-25-22(29-21)28-13-20(26)23-19-10-5-15(3)11-16(19)4/h5-11,14H,12-13H2,1-4H3,(H,23,26). The van der Waals surface area contributed by atoms with Gasteiger partial charge in [-0.05, 0) is 42.5 Å². The molecule has 3 rings (SSSR count). The van der Waals surface area contributed by atoms with Crippen molar-refractivity contribution in [1.29, 1.82) is 0 Å². The van der Waals surface area contributed by atoms with Crippen LogP contribution in [-0.4, -0.2) is 21.9 Å². The average Bonchev–Trinajstić information content (AvgIpc) is 3.15. The Bertz CT molecular complexity index is 968. The molecule has 1 heterocycles. The molecular formula is C22H25N3OS3. The molecular weight excluding hydrogens is 418 g/mol. The molecule has 0 bridgehead atoms. The number of rotatable bonds is 8. The summed E-state index contributed by atoms with van der Waals surface area (Å²) in [5.41, 5.74) is 5.74. The van der Waals surface area contributed by atoms with Gasteiger partial charge in [-0.15, -0.1) is 10.2 Å². The Morgan fingerprint density at radius 2 is 1.72 bits per heavy atom. The van der Waals surface area contributed by atoms with Crippen molar-refractivity contribution >= 4 is 46.5 Å². The van der Waals surface area contributed by atoms with Crippen molar-refractivity contribution in [2.45, 2.75) is 48.0 Å². The number of anilines is 1. The molecule has 0 unspecified atom stereocenters. The minimum absolute atomic E-state index is 0.0309. The van der Waals surface area contributed by atoms with Crippen LogP contribution in [0, 0.1) is 13.8 Å². The van der Waals surface area contributed by atoms with Gasteiger partial charge in [0.25, 0.3) is 0 Å². The molecule has 1 amide bonds. The first-order chi connectivity index (χ1) is 13.9. The summed E-state index contributed by atoms with van der Waals surface area (Å²) in [6.07, 6.45) is 0. The zero-order valence-corrected chi connectivity index (χ0v) is 19.5. The first kappa shape index (κ1) is 21.9. The molecule has 0 saturated carbocycles. The van der Waals surface area contributed by atoms with Crippen molar-refractivity contribution in [2.75, 3.05) is 11.1 Å². The van der Waals surface area contributed by atoms with Crippen molar-refractivity contribution in [3.05, 3.63) is 64.7 Å². The zero-order chi connectivity index (χ0) is 20.8. The number of carbonyl (C=O) groups excluding carboxylic acids is 1. The summed E-state index contributed by atoms with van der Waals surface area (Å²) in [7, 11) is 0. The van der Waals surface area contributed by atoms with Crippen LogP contribution >= 0.6 is 34.9 Å². The predicted octanol–water partition coefficient (Wildman–Crippen LogP) is 6.30. The molecule has 1 N–H and O–H groups in total. The van der Waals surface area contributed by atoms with E-state index in [0.717, 1.165) is 25.7 Å². The van der Waals surface area contributed by atoms with Gasteiger partial charge in [0.2, 0.25) is 5.91 Å². The van der Waals surface area contributed by atoms with Crippen LogP contribution in [0.25, 0.3) is 0 Å². The predicted molar refractivity (Wildman–Crippen MR) is 125 cm³/mol. The van der Waals surface area contributed by atoms with Gasteiger partial charge in [-0.3, -0.25) is 4.79 Å². The quantitative estimate of drug-likeness (QED) is 0.414. The number of carbonyl (C=O) groups is 1. The Labute approximate surface area is 184 Å². The number of hydrogen-bond donors (Lipinski definition) is 1. The first-order valence-corrected chi connectivity index (χ1v) is 12.2. The van der Waals surface area contributed by atoms with Crippen molar-refractivity contribution < 1.29 is 4.79 Å². The molecule has 0 atom stereocenters. The maximum Gasteiger partial charge on any atom is 0.234 e. The second kappa shape index (κ2) is 10.3. The van der Waals surface area contributed by atoms with Crippen LogP contribution in [0.2, 0.25) is 0 Å². The second-order valence-electron chi connectivity index (χ2n) is 7.17. The molecule has 0 aliphatic rings. The molecule has 7 heteroatoms. The van der Waals surface area contributed by atoms with E-state index in [2.05, 4.69) is 59.7 Å². The van der Waals surface area contributed by atoms with Gasteiger partial charge >= 0.3 is 0 Å². The summed E-state index contributed by atoms with van der Waals surface area (Å²) in [6.45, 7) is 8.44. The maximum atomic E-state index is 12.2. The monoisotopic (exact) mass is 443 g/mol. The van der Waals surface area contributed by atoms with Gasteiger partial charge in [-0.25, -0.2) is 0 Å². The molecule has 2 aromatic carbocycles.